The molecule has 1 aliphatic rings. The molecule has 1 saturated heterocycles. The quantitative estimate of drug-likeness (QED) is 0.742. The van der Waals surface area contributed by atoms with E-state index in [9.17, 15) is 9.59 Å². The average Bonchev–Trinajstić information content (AvgIpc) is 2.88. The number of carbonyl (C=O) groups excluding carboxylic acids is 2. The van der Waals surface area contributed by atoms with Gasteiger partial charge in [-0.25, -0.2) is 0 Å². The Morgan fingerprint density at radius 3 is 2.79 bits per heavy atom. The highest BCUT2D eigenvalue weighted by atomic mass is 16.5. The molecule has 0 radical (unpaired) electrons. The normalized spacial score (nSPS) is 17.8. The van der Waals surface area contributed by atoms with Gasteiger partial charge in [-0.1, -0.05) is 19.8 Å². The van der Waals surface area contributed by atoms with Crippen molar-refractivity contribution in [3.63, 3.8) is 0 Å². The van der Waals surface area contributed by atoms with Gasteiger partial charge in [0.1, 0.15) is 0 Å². The molecule has 2 amide bonds. The lowest BCUT2D eigenvalue weighted by Crippen LogP contribution is -2.37. The van der Waals surface area contributed by atoms with Gasteiger partial charge in [-0.2, -0.15) is 0 Å². The van der Waals surface area contributed by atoms with E-state index in [1.807, 2.05) is 13.8 Å². The lowest BCUT2D eigenvalue weighted by molar-refractivity contribution is -0.126. The smallest absolute Gasteiger partial charge is 0.298 e. The third kappa shape index (κ3) is 5.75. The first-order valence-corrected chi connectivity index (χ1v) is 6.62. The first kappa shape index (κ1) is 15.5. The molecule has 1 N–H and O–H groups in total. The molecule has 0 aromatic rings. The molecular weight excluding hydrogens is 244 g/mol. The van der Waals surface area contributed by atoms with Gasteiger partial charge in [-0.15, -0.1) is 0 Å². The van der Waals surface area contributed by atoms with E-state index in [4.69, 9.17) is 4.74 Å². The van der Waals surface area contributed by atoms with Gasteiger partial charge in [0.15, 0.2) is 0 Å². The second-order valence-corrected chi connectivity index (χ2v) is 5.00. The zero-order chi connectivity index (χ0) is 14.3. The monoisotopic (exact) mass is 266 g/mol. The molecule has 5 heteroatoms. The van der Waals surface area contributed by atoms with Gasteiger partial charge >= 0.3 is 0 Å². The van der Waals surface area contributed by atoms with E-state index in [0.717, 1.165) is 13.0 Å². The zero-order valence-electron chi connectivity index (χ0n) is 11.9. The highest BCUT2D eigenvalue weighted by Gasteiger charge is 2.13. The number of rotatable bonds is 4. The topological polar surface area (TPSA) is 58.6 Å². The SMILES string of the molecule is CC(C)C(=O)NCCN(C)C(=O)C#CC1CCOC1. The third-order valence-electron chi connectivity index (χ3n) is 2.93. The van der Waals surface area contributed by atoms with E-state index in [1.54, 1.807) is 7.05 Å². The predicted molar refractivity (Wildman–Crippen MR) is 72.2 cm³/mol. The molecule has 19 heavy (non-hydrogen) atoms. The maximum absolute atomic E-state index is 11.7. The summed E-state index contributed by atoms with van der Waals surface area (Å²) in [5.74, 6) is 5.47. The number of hydrogen-bond donors (Lipinski definition) is 1. The van der Waals surface area contributed by atoms with Crippen LogP contribution in [0.1, 0.15) is 20.3 Å². The van der Waals surface area contributed by atoms with Crippen LogP contribution in [0, 0.1) is 23.7 Å². The summed E-state index contributed by atoms with van der Waals surface area (Å²) in [6.45, 7) is 5.93. The van der Waals surface area contributed by atoms with E-state index in [1.165, 1.54) is 4.90 Å². The summed E-state index contributed by atoms with van der Waals surface area (Å²) in [7, 11) is 1.68. The summed E-state index contributed by atoms with van der Waals surface area (Å²) in [6.07, 6.45) is 0.897. The Morgan fingerprint density at radius 1 is 1.47 bits per heavy atom. The first-order valence-electron chi connectivity index (χ1n) is 6.62. The highest BCUT2D eigenvalue weighted by Crippen LogP contribution is 2.10. The molecule has 0 bridgehead atoms. The van der Waals surface area contributed by atoms with Crippen LogP contribution in [0.2, 0.25) is 0 Å². The summed E-state index contributed by atoms with van der Waals surface area (Å²) >= 11 is 0. The lowest BCUT2D eigenvalue weighted by atomic mass is 10.1. The average molecular weight is 266 g/mol. The largest absolute Gasteiger partial charge is 0.380 e. The van der Waals surface area contributed by atoms with Crippen molar-refractivity contribution in [2.75, 3.05) is 33.4 Å². The van der Waals surface area contributed by atoms with Crippen LogP contribution in [0.25, 0.3) is 0 Å². The molecule has 0 spiro atoms. The predicted octanol–water partition coefficient (Wildman–Crippen LogP) is 0.257. The summed E-state index contributed by atoms with van der Waals surface area (Å²) in [4.78, 5) is 24.6. The molecule has 1 aliphatic heterocycles. The molecular formula is C14H22N2O3. The molecule has 1 unspecified atom stereocenters. The van der Waals surface area contributed by atoms with Crippen LogP contribution >= 0.6 is 0 Å². The number of carbonyl (C=O) groups is 2. The van der Waals surface area contributed by atoms with Crippen molar-refractivity contribution in [1.82, 2.24) is 10.2 Å². The van der Waals surface area contributed by atoms with Crippen molar-refractivity contribution >= 4 is 11.8 Å². The molecule has 1 rings (SSSR count). The van der Waals surface area contributed by atoms with Crippen LogP contribution in [0.3, 0.4) is 0 Å². The minimum absolute atomic E-state index is 0.00459. The van der Waals surface area contributed by atoms with Crippen LogP contribution < -0.4 is 5.32 Å². The van der Waals surface area contributed by atoms with Gasteiger partial charge in [0.25, 0.3) is 5.91 Å². The van der Waals surface area contributed by atoms with Crippen molar-refractivity contribution in [1.29, 1.82) is 0 Å². The second-order valence-electron chi connectivity index (χ2n) is 5.00. The van der Waals surface area contributed by atoms with Gasteiger partial charge < -0.3 is 15.0 Å². The molecule has 1 heterocycles. The molecule has 1 atom stereocenters. The third-order valence-corrected chi connectivity index (χ3v) is 2.93. The molecule has 0 aliphatic carbocycles. The first-order chi connectivity index (χ1) is 9.00. The standard InChI is InChI=1S/C14H22N2O3/c1-11(2)14(18)15-7-8-16(3)13(17)5-4-12-6-9-19-10-12/h11-12H,6-10H2,1-3H3,(H,15,18). The van der Waals surface area contributed by atoms with Gasteiger partial charge in [-0.3, -0.25) is 9.59 Å². The molecule has 0 saturated carbocycles. The Balaban J connectivity index is 2.26. The van der Waals surface area contributed by atoms with Crippen molar-refractivity contribution in [3.05, 3.63) is 0 Å². The Bertz CT molecular complexity index is 376. The van der Waals surface area contributed by atoms with Crippen LogP contribution in [-0.2, 0) is 14.3 Å². The maximum Gasteiger partial charge on any atom is 0.298 e. The van der Waals surface area contributed by atoms with Crippen molar-refractivity contribution in [3.8, 4) is 11.8 Å². The number of likely N-dealkylation sites (N-methyl/N-ethyl adjacent to an activating group) is 1. The summed E-state index contributed by atoms with van der Waals surface area (Å²) in [6, 6.07) is 0. The maximum atomic E-state index is 11.7. The lowest BCUT2D eigenvalue weighted by Gasteiger charge is -2.15. The summed E-state index contributed by atoms with van der Waals surface area (Å²) < 4.78 is 5.19. The molecule has 0 aromatic heterocycles. The number of hydrogen-bond acceptors (Lipinski definition) is 3. The van der Waals surface area contributed by atoms with Crippen LogP contribution in [-0.4, -0.2) is 50.1 Å². The number of nitrogens with one attached hydrogen (secondary N) is 1. The zero-order valence-corrected chi connectivity index (χ0v) is 11.9. The van der Waals surface area contributed by atoms with Crippen LogP contribution in [0.4, 0.5) is 0 Å². The number of nitrogens with zero attached hydrogens (tertiary/aromatic N) is 1. The van der Waals surface area contributed by atoms with E-state index in [0.29, 0.717) is 19.7 Å². The van der Waals surface area contributed by atoms with Crippen LogP contribution in [0.5, 0.6) is 0 Å². The molecule has 1 fully saturated rings. The number of ether oxygens (including phenoxy) is 1. The fourth-order valence-corrected chi connectivity index (χ4v) is 1.56. The Morgan fingerprint density at radius 2 is 2.21 bits per heavy atom. The van der Waals surface area contributed by atoms with Gasteiger partial charge in [0, 0.05) is 38.6 Å². The summed E-state index contributed by atoms with van der Waals surface area (Å²) in [5, 5.41) is 2.76. The van der Waals surface area contributed by atoms with Crippen molar-refractivity contribution < 1.29 is 14.3 Å². The van der Waals surface area contributed by atoms with E-state index in [2.05, 4.69) is 17.2 Å². The fourth-order valence-electron chi connectivity index (χ4n) is 1.56. The molecule has 106 valence electrons. The Hall–Kier alpha value is -1.54. The van der Waals surface area contributed by atoms with Gasteiger partial charge in [0.05, 0.1) is 6.61 Å². The highest BCUT2D eigenvalue weighted by molar-refractivity contribution is 5.93. The van der Waals surface area contributed by atoms with Gasteiger partial charge in [-0.05, 0) is 12.3 Å². The summed E-state index contributed by atoms with van der Waals surface area (Å²) in [5.41, 5.74) is 0. The van der Waals surface area contributed by atoms with Crippen molar-refractivity contribution in [2.24, 2.45) is 11.8 Å². The van der Waals surface area contributed by atoms with Crippen LogP contribution in [0.15, 0.2) is 0 Å². The van der Waals surface area contributed by atoms with Gasteiger partial charge in [0.2, 0.25) is 5.91 Å². The minimum atomic E-state index is -0.217. The van der Waals surface area contributed by atoms with E-state index >= 15 is 0 Å². The second kappa shape index (κ2) is 7.80. The van der Waals surface area contributed by atoms with E-state index in [-0.39, 0.29) is 23.7 Å². The van der Waals surface area contributed by atoms with Crippen molar-refractivity contribution in [2.45, 2.75) is 20.3 Å². The number of amides is 2. The molecule has 0 aromatic carbocycles. The fraction of sp³-hybridized carbons (Fsp3) is 0.714. The Labute approximate surface area is 114 Å². The molecule has 5 nitrogen and oxygen atoms in total. The minimum Gasteiger partial charge on any atom is -0.380 e. The van der Waals surface area contributed by atoms with E-state index < -0.39 is 0 Å². The Kier molecular flexibility index (Phi) is 6.37.